The van der Waals surface area contributed by atoms with Crippen molar-refractivity contribution in [3.05, 3.63) is 0 Å². The van der Waals surface area contributed by atoms with Gasteiger partial charge in [0.15, 0.2) is 0 Å². The van der Waals surface area contributed by atoms with Crippen LogP contribution in [0, 0.1) is 5.92 Å². The maximum atomic E-state index is 6.10. The van der Waals surface area contributed by atoms with Crippen LogP contribution >= 0.6 is 0 Å². The van der Waals surface area contributed by atoms with Crippen LogP contribution in [-0.2, 0) is 4.74 Å². The molecule has 0 fully saturated rings. The zero-order valence-corrected chi connectivity index (χ0v) is 9.60. The molecule has 0 amide bonds. The van der Waals surface area contributed by atoms with Gasteiger partial charge < -0.3 is 10.5 Å². The molecular weight excluding hydrogens is 162 g/mol. The van der Waals surface area contributed by atoms with Crippen LogP contribution in [0.5, 0.6) is 0 Å². The summed E-state index contributed by atoms with van der Waals surface area (Å²) in [6.07, 6.45) is 3.16. The second-order valence-electron chi connectivity index (χ2n) is 4.10. The van der Waals surface area contributed by atoms with Gasteiger partial charge in [-0.25, -0.2) is 0 Å². The van der Waals surface area contributed by atoms with Crippen molar-refractivity contribution in [3.63, 3.8) is 0 Å². The minimum Gasteiger partial charge on any atom is -0.379 e. The lowest BCUT2D eigenvalue weighted by molar-refractivity contribution is 0.0594. The summed E-state index contributed by atoms with van der Waals surface area (Å²) in [5.41, 5.74) is 6.00. The van der Waals surface area contributed by atoms with E-state index in [4.69, 9.17) is 10.5 Å². The Kier molecular flexibility index (Phi) is 6.35. The lowest BCUT2D eigenvalue weighted by Gasteiger charge is -2.26. The van der Waals surface area contributed by atoms with Crippen LogP contribution in [0.1, 0.15) is 47.0 Å². The second kappa shape index (κ2) is 6.39. The van der Waals surface area contributed by atoms with Crippen molar-refractivity contribution < 1.29 is 4.74 Å². The summed E-state index contributed by atoms with van der Waals surface area (Å²) in [4.78, 5) is 0. The predicted octanol–water partition coefficient (Wildman–Crippen LogP) is 2.57. The van der Waals surface area contributed by atoms with E-state index in [0.29, 0.717) is 12.5 Å². The molecule has 0 aliphatic carbocycles. The Balaban J connectivity index is 3.61. The zero-order chi connectivity index (χ0) is 10.3. The predicted molar refractivity (Wildman–Crippen MR) is 57.8 cm³/mol. The van der Waals surface area contributed by atoms with Gasteiger partial charge in [-0.3, -0.25) is 0 Å². The van der Waals surface area contributed by atoms with E-state index in [1.807, 2.05) is 0 Å². The summed E-state index contributed by atoms with van der Waals surface area (Å²) in [5, 5.41) is 0. The van der Waals surface area contributed by atoms with E-state index >= 15 is 0 Å². The number of hydrogen-bond donors (Lipinski definition) is 1. The Labute approximate surface area is 82.8 Å². The first-order valence-electron chi connectivity index (χ1n) is 5.44. The van der Waals surface area contributed by atoms with Gasteiger partial charge in [0, 0.05) is 12.1 Å². The molecule has 0 aromatic carbocycles. The normalized spacial score (nSPS) is 14.5. The van der Waals surface area contributed by atoms with Crippen LogP contribution in [0.25, 0.3) is 0 Å². The van der Waals surface area contributed by atoms with Crippen LogP contribution < -0.4 is 5.73 Å². The van der Waals surface area contributed by atoms with Crippen LogP contribution in [0.15, 0.2) is 0 Å². The fraction of sp³-hybridized carbons (Fsp3) is 1.00. The largest absolute Gasteiger partial charge is 0.379 e. The average molecular weight is 187 g/mol. The van der Waals surface area contributed by atoms with Crippen molar-refractivity contribution in [1.82, 2.24) is 0 Å². The molecule has 0 radical (unpaired) electrons. The van der Waals surface area contributed by atoms with Crippen LogP contribution in [0.2, 0.25) is 0 Å². The summed E-state index contributed by atoms with van der Waals surface area (Å²) < 4.78 is 5.61. The smallest absolute Gasteiger partial charge is 0.0646 e. The Morgan fingerprint density at radius 2 is 1.77 bits per heavy atom. The summed E-state index contributed by atoms with van der Waals surface area (Å²) in [6, 6.07) is 0. The van der Waals surface area contributed by atoms with Crippen molar-refractivity contribution in [2.45, 2.75) is 52.5 Å². The fourth-order valence-corrected chi connectivity index (χ4v) is 1.04. The van der Waals surface area contributed by atoms with Gasteiger partial charge in [-0.15, -0.1) is 0 Å². The molecule has 0 aliphatic heterocycles. The highest BCUT2D eigenvalue weighted by molar-refractivity contribution is 4.80. The van der Waals surface area contributed by atoms with E-state index in [2.05, 4.69) is 27.7 Å². The molecule has 80 valence electrons. The Morgan fingerprint density at radius 1 is 1.23 bits per heavy atom. The third-order valence-electron chi connectivity index (χ3n) is 2.90. The van der Waals surface area contributed by atoms with E-state index in [9.17, 15) is 0 Å². The standard InChI is InChI=1S/C11H25NO/c1-5-10(4)8-13-9-11(12,6-2)7-3/h10H,5-9,12H2,1-4H3. The van der Waals surface area contributed by atoms with Crippen LogP contribution in [0.4, 0.5) is 0 Å². The molecule has 2 heteroatoms. The zero-order valence-electron chi connectivity index (χ0n) is 9.60. The van der Waals surface area contributed by atoms with E-state index in [1.165, 1.54) is 6.42 Å². The lowest BCUT2D eigenvalue weighted by atomic mass is 9.95. The molecule has 0 saturated carbocycles. The topological polar surface area (TPSA) is 35.2 Å². The molecule has 0 spiro atoms. The highest BCUT2D eigenvalue weighted by Crippen LogP contribution is 2.12. The van der Waals surface area contributed by atoms with E-state index < -0.39 is 0 Å². The van der Waals surface area contributed by atoms with Crippen molar-refractivity contribution in [2.24, 2.45) is 11.7 Å². The highest BCUT2D eigenvalue weighted by atomic mass is 16.5. The summed E-state index contributed by atoms with van der Waals surface area (Å²) in [6.45, 7) is 10.2. The van der Waals surface area contributed by atoms with E-state index in [1.54, 1.807) is 0 Å². The molecule has 0 rings (SSSR count). The first kappa shape index (κ1) is 12.9. The first-order chi connectivity index (χ1) is 6.08. The van der Waals surface area contributed by atoms with Gasteiger partial charge >= 0.3 is 0 Å². The highest BCUT2D eigenvalue weighted by Gasteiger charge is 2.20. The lowest BCUT2D eigenvalue weighted by Crippen LogP contribution is -2.43. The SMILES string of the molecule is CCC(C)COCC(N)(CC)CC. The molecular formula is C11H25NO. The first-order valence-corrected chi connectivity index (χ1v) is 5.44. The maximum Gasteiger partial charge on any atom is 0.0646 e. The van der Waals surface area contributed by atoms with E-state index in [-0.39, 0.29) is 5.54 Å². The van der Waals surface area contributed by atoms with Gasteiger partial charge in [-0.2, -0.15) is 0 Å². The molecule has 13 heavy (non-hydrogen) atoms. The minimum atomic E-state index is -0.104. The molecule has 0 saturated heterocycles. The minimum absolute atomic E-state index is 0.104. The third-order valence-corrected chi connectivity index (χ3v) is 2.90. The summed E-state index contributed by atoms with van der Waals surface area (Å²) in [7, 11) is 0. The molecule has 0 heterocycles. The number of hydrogen-bond acceptors (Lipinski definition) is 2. The van der Waals surface area contributed by atoms with Crippen LogP contribution in [-0.4, -0.2) is 18.8 Å². The maximum absolute atomic E-state index is 6.10. The Bertz CT molecular complexity index is 121. The summed E-state index contributed by atoms with van der Waals surface area (Å²) >= 11 is 0. The fourth-order valence-electron chi connectivity index (χ4n) is 1.04. The molecule has 0 aromatic heterocycles. The average Bonchev–Trinajstić information content (AvgIpc) is 2.17. The second-order valence-corrected chi connectivity index (χ2v) is 4.10. The molecule has 1 atom stereocenters. The monoisotopic (exact) mass is 187 g/mol. The van der Waals surface area contributed by atoms with E-state index in [0.717, 1.165) is 19.4 Å². The Morgan fingerprint density at radius 3 is 2.15 bits per heavy atom. The number of ether oxygens (including phenoxy) is 1. The van der Waals surface area contributed by atoms with Gasteiger partial charge in [0.05, 0.1) is 6.61 Å². The van der Waals surface area contributed by atoms with Gasteiger partial charge in [-0.05, 0) is 18.8 Å². The van der Waals surface area contributed by atoms with Crippen molar-refractivity contribution in [3.8, 4) is 0 Å². The molecule has 0 aliphatic rings. The Hall–Kier alpha value is -0.0800. The molecule has 0 bridgehead atoms. The molecule has 0 aromatic rings. The number of rotatable bonds is 7. The van der Waals surface area contributed by atoms with Gasteiger partial charge in [-0.1, -0.05) is 34.1 Å². The molecule has 2 N–H and O–H groups in total. The third kappa shape index (κ3) is 5.27. The van der Waals surface area contributed by atoms with Crippen LogP contribution in [0.3, 0.4) is 0 Å². The van der Waals surface area contributed by atoms with Crippen molar-refractivity contribution >= 4 is 0 Å². The molecule has 1 unspecified atom stereocenters. The van der Waals surface area contributed by atoms with Crippen molar-refractivity contribution in [1.29, 1.82) is 0 Å². The molecule has 2 nitrogen and oxygen atoms in total. The summed E-state index contributed by atoms with van der Waals surface area (Å²) in [5.74, 6) is 0.651. The van der Waals surface area contributed by atoms with Crippen molar-refractivity contribution in [2.75, 3.05) is 13.2 Å². The van der Waals surface area contributed by atoms with Gasteiger partial charge in [0.25, 0.3) is 0 Å². The van der Waals surface area contributed by atoms with Gasteiger partial charge in [0.1, 0.15) is 0 Å². The van der Waals surface area contributed by atoms with Gasteiger partial charge in [0.2, 0.25) is 0 Å². The number of nitrogens with two attached hydrogens (primary N) is 1. The quantitative estimate of drug-likeness (QED) is 0.665.